The third-order valence-corrected chi connectivity index (χ3v) is 4.24. The smallest absolute Gasteiger partial charge is 0.272 e. The molecule has 0 bridgehead atoms. The van der Waals surface area contributed by atoms with Gasteiger partial charge in [-0.05, 0) is 18.2 Å². The Labute approximate surface area is 150 Å². The van der Waals surface area contributed by atoms with Gasteiger partial charge in [-0.25, -0.2) is 10.2 Å². The molecule has 2 aromatic rings. The van der Waals surface area contributed by atoms with Crippen molar-refractivity contribution in [1.29, 1.82) is 0 Å². The summed E-state index contributed by atoms with van der Waals surface area (Å²) in [6, 6.07) is 6.30. The first-order chi connectivity index (χ1) is 11.8. The number of nitrogens with zero attached hydrogens (tertiary/aromatic N) is 2. The van der Waals surface area contributed by atoms with Gasteiger partial charge in [-0.1, -0.05) is 11.6 Å². The number of nitrogens with one attached hydrogen (secondary N) is 1. The molecular weight excluding hydrogens is 373 g/mol. The van der Waals surface area contributed by atoms with E-state index in [0.717, 1.165) is 28.5 Å². The number of amides is 1. The van der Waals surface area contributed by atoms with Gasteiger partial charge < -0.3 is 11.1 Å². The van der Waals surface area contributed by atoms with Gasteiger partial charge in [-0.15, -0.1) is 11.3 Å². The van der Waals surface area contributed by atoms with E-state index in [1.165, 1.54) is 12.3 Å². The molecule has 0 aliphatic heterocycles. The molecule has 0 radical (unpaired) electrons. The lowest BCUT2D eigenvalue weighted by Gasteiger charge is -2.14. The fourth-order valence-corrected chi connectivity index (χ4v) is 2.81. The summed E-state index contributed by atoms with van der Waals surface area (Å²) in [4.78, 5) is 22.2. The number of rotatable bonds is 6. The maximum absolute atomic E-state index is 13.9. The molecule has 132 valence electrons. The van der Waals surface area contributed by atoms with Crippen LogP contribution in [0.15, 0.2) is 42.2 Å². The largest absolute Gasteiger partial charge is 0.342 e. The number of quaternary nitrogens is 1. The summed E-state index contributed by atoms with van der Waals surface area (Å²) in [5, 5.41) is 14.2. The standard InChI is InChI=1S/C14H13ClFN5O3S/c15-13-4-3-12(25-13)14(22)19-6-8(17)7-20(18)11-2-1-9(21(23)24)5-10(11)16/h1-5,7H,6,17-18H2,(H,19,22)/p+1. The Morgan fingerprint density at radius 1 is 1.48 bits per heavy atom. The maximum Gasteiger partial charge on any atom is 0.272 e. The highest BCUT2D eigenvalue weighted by Gasteiger charge is 2.14. The van der Waals surface area contributed by atoms with E-state index in [-0.39, 0.29) is 23.8 Å². The minimum Gasteiger partial charge on any atom is -0.342 e. The lowest BCUT2D eigenvalue weighted by molar-refractivity contribution is -0.385. The van der Waals surface area contributed by atoms with Gasteiger partial charge in [0.1, 0.15) is 5.70 Å². The fourth-order valence-electron chi connectivity index (χ4n) is 1.85. The molecule has 6 N–H and O–H groups in total. The van der Waals surface area contributed by atoms with E-state index in [1.54, 1.807) is 12.1 Å². The van der Waals surface area contributed by atoms with Crippen LogP contribution in [0.2, 0.25) is 4.34 Å². The van der Waals surface area contributed by atoms with E-state index in [2.05, 4.69) is 11.1 Å². The number of hydrogen-bond acceptors (Lipinski definition) is 6. The Morgan fingerprint density at radius 3 is 2.76 bits per heavy atom. The number of thiophene rings is 1. The van der Waals surface area contributed by atoms with E-state index in [9.17, 15) is 19.3 Å². The van der Waals surface area contributed by atoms with E-state index in [4.69, 9.17) is 17.4 Å². The molecule has 0 saturated heterocycles. The average molecular weight is 387 g/mol. The van der Waals surface area contributed by atoms with Crippen molar-refractivity contribution in [3.8, 4) is 0 Å². The van der Waals surface area contributed by atoms with Crippen molar-refractivity contribution in [2.24, 2.45) is 5.84 Å². The van der Waals surface area contributed by atoms with Crippen molar-refractivity contribution >= 4 is 40.2 Å². The van der Waals surface area contributed by atoms with Crippen molar-refractivity contribution in [1.82, 2.24) is 5.32 Å². The molecule has 1 aromatic heterocycles. The van der Waals surface area contributed by atoms with Crippen molar-refractivity contribution in [3.05, 3.63) is 67.4 Å². The van der Waals surface area contributed by atoms with Gasteiger partial charge >= 0.3 is 0 Å². The molecule has 0 fully saturated rings. The number of non-ortho nitro benzene ring substituents is 1. The van der Waals surface area contributed by atoms with Gasteiger partial charge in [0.2, 0.25) is 0 Å². The van der Waals surface area contributed by atoms with Crippen molar-refractivity contribution in [2.75, 3.05) is 11.6 Å². The van der Waals surface area contributed by atoms with E-state index in [0.29, 0.717) is 14.9 Å². The molecule has 1 aromatic carbocycles. The van der Waals surface area contributed by atoms with Crippen molar-refractivity contribution < 1.29 is 19.8 Å². The third-order valence-electron chi connectivity index (χ3n) is 3.01. The Balaban J connectivity index is 2.01. The lowest BCUT2D eigenvalue weighted by atomic mass is 10.2. The number of hydrogen-bond donors (Lipinski definition) is 3. The van der Waals surface area contributed by atoms with Crippen LogP contribution in [-0.4, -0.2) is 17.4 Å². The molecule has 0 spiro atoms. The maximum atomic E-state index is 13.9. The quantitative estimate of drug-likeness (QED) is 0.395. The van der Waals surface area contributed by atoms with E-state index >= 15 is 0 Å². The number of benzene rings is 1. The highest BCUT2D eigenvalue weighted by atomic mass is 35.5. The van der Waals surface area contributed by atoms with Crippen LogP contribution in [0.25, 0.3) is 0 Å². The van der Waals surface area contributed by atoms with E-state index in [1.807, 2.05) is 0 Å². The summed E-state index contributed by atoms with van der Waals surface area (Å²) in [6.45, 7) is 0.0800. The number of hydrazine groups is 1. The minimum atomic E-state index is -0.849. The van der Waals surface area contributed by atoms with Gasteiger partial charge in [0.25, 0.3) is 11.6 Å². The molecule has 0 unspecified atom stereocenters. The second-order valence-electron chi connectivity index (χ2n) is 4.87. The van der Waals surface area contributed by atoms with Crippen LogP contribution in [0, 0.1) is 15.9 Å². The summed E-state index contributed by atoms with van der Waals surface area (Å²) in [5.41, 5.74) is 3.67. The molecule has 8 nitrogen and oxygen atoms in total. The van der Waals surface area contributed by atoms with Crippen molar-refractivity contribution in [2.45, 2.75) is 0 Å². The minimum absolute atomic E-state index is 0.0666. The summed E-state index contributed by atoms with van der Waals surface area (Å²) in [5.74, 6) is 4.55. The predicted molar refractivity (Wildman–Crippen MR) is 92.4 cm³/mol. The normalized spacial score (nSPS) is 11.3. The highest BCUT2D eigenvalue weighted by Crippen LogP contribution is 2.23. The first kappa shape index (κ1) is 18.8. The molecule has 0 atom stereocenters. The van der Waals surface area contributed by atoms with Crippen LogP contribution in [0.4, 0.5) is 15.8 Å². The van der Waals surface area contributed by atoms with Crippen molar-refractivity contribution in [3.63, 3.8) is 0 Å². The lowest BCUT2D eigenvalue weighted by Crippen LogP contribution is -2.53. The molecular formula is C14H14ClFN5O3S+. The molecule has 1 amide bonds. The number of nitrogens with two attached hydrogens (primary N) is 1. The van der Waals surface area contributed by atoms with Gasteiger partial charge in [0.15, 0.2) is 5.82 Å². The predicted octanol–water partition coefficient (Wildman–Crippen LogP) is 1.64. The zero-order chi connectivity index (χ0) is 18.6. The highest BCUT2D eigenvalue weighted by molar-refractivity contribution is 7.17. The summed E-state index contributed by atoms with van der Waals surface area (Å²) in [7, 11) is 0. The topological polar surface area (TPSA) is 129 Å². The third kappa shape index (κ3) is 4.97. The number of carbonyl (C=O) groups excluding carboxylic acids is 1. The summed E-state index contributed by atoms with van der Waals surface area (Å²) >= 11 is 6.90. The molecule has 25 heavy (non-hydrogen) atoms. The summed E-state index contributed by atoms with van der Waals surface area (Å²) < 4.78 is 14.4. The first-order valence-electron chi connectivity index (χ1n) is 6.82. The number of nitro benzene ring substituents is 1. The zero-order valence-electron chi connectivity index (χ0n) is 12.7. The second kappa shape index (κ2) is 8.03. The van der Waals surface area contributed by atoms with E-state index < -0.39 is 10.7 Å². The number of carbonyl (C=O) groups is 1. The Morgan fingerprint density at radius 2 is 2.20 bits per heavy atom. The Hall–Kier alpha value is -2.53. The average Bonchev–Trinajstić information content (AvgIpc) is 2.98. The van der Waals surface area contributed by atoms with Crippen LogP contribution in [0.3, 0.4) is 0 Å². The molecule has 0 saturated carbocycles. The van der Waals surface area contributed by atoms with Crippen LogP contribution in [0.5, 0.6) is 0 Å². The fraction of sp³-hybridized carbons (Fsp3) is 0.0714. The van der Waals surface area contributed by atoms with Crippen LogP contribution in [0.1, 0.15) is 9.67 Å². The Kier molecular flexibility index (Phi) is 6.04. The number of anilines is 1. The van der Waals surface area contributed by atoms with Gasteiger partial charge in [0.05, 0.1) is 38.6 Å². The first-order valence-corrected chi connectivity index (χ1v) is 8.01. The van der Waals surface area contributed by atoms with Crippen LogP contribution < -0.4 is 21.9 Å². The number of nitro groups is 1. The molecule has 1 heterocycles. The Bertz CT molecular complexity index is 842. The molecule has 11 heteroatoms. The second-order valence-corrected chi connectivity index (χ2v) is 6.59. The SMILES string of the molecule is NN(C=C([NH3+])CNC(=O)c1ccc(Cl)s1)c1ccc([N+](=O)[O-])cc1F. The summed E-state index contributed by atoms with van der Waals surface area (Å²) in [6.07, 6.45) is 1.31. The van der Waals surface area contributed by atoms with Crippen LogP contribution in [-0.2, 0) is 0 Å². The number of halogens is 2. The molecule has 0 aliphatic carbocycles. The van der Waals surface area contributed by atoms with Gasteiger partial charge in [0, 0.05) is 6.07 Å². The zero-order valence-corrected chi connectivity index (χ0v) is 14.3. The van der Waals surface area contributed by atoms with Gasteiger partial charge in [-0.2, -0.15) is 0 Å². The van der Waals surface area contributed by atoms with Crippen LogP contribution >= 0.6 is 22.9 Å². The monoisotopic (exact) mass is 386 g/mol. The molecule has 2 rings (SSSR count). The molecule has 0 aliphatic rings. The van der Waals surface area contributed by atoms with Gasteiger partial charge in [-0.3, -0.25) is 19.9 Å².